The van der Waals surface area contributed by atoms with Crippen LogP contribution in [-0.4, -0.2) is 45.3 Å². The van der Waals surface area contributed by atoms with E-state index >= 15 is 0 Å². The maximum atomic E-state index is 5.03. The van der Waals surface area contributed by atoms with Crippen molar-refractivity contribution in [2.24, 2.45) is 0 Å². The van der Waals surface area contributed by atoms with Gasteiger partial charge in [-0.05, 0) is 31.0 Å². The fourth-order valence-electron chi connectivity index (χ4n) is 1.42. The molecule has 0 radical (unpaired) electrons. The largest absolute Gasteiger partial charge is 0.383 e. The van der Waals surface area contributed by atoms with Crippen molar-refractivity contribution in [3.63, 3.8) is 0 Å². The minimum atomic E-state index is 0.806. The van der Waals surface area contributed by atoms with Gasteiger partial charge in [0.25, 0.3) is 0 Å². The zero-order chi connectivity index (χ0) is 11.8. The van der Waals surface area contributed by atoms with E-state index in [4.69, 9.17) is 4.74 Å². The third-order valence-corrected chi connectivity index (χ3v) is 3.62. The summed E-state index contributed by atoms with van der Waals surface area (Å²) in [4.78, 5) is 3.72. The number of methoxy groups -OCH3 is 1. The normalized spacial score (nSPS) is 11.2. The van der Waals surface area contributed by atoms with Crippen molar-refractivity contribution >= 4 is 11.3 Å². The van der Waals surface area contributed by atoms with Gasteiger partial charge in [-0.2, -0.15) is 0 Å². The van der Waals surface area contributed by atoms with Gasteiger partial charge in [0, 0.05) is 38.2 Å². The molecule has 92 valence electrons. The Morgan fingerprint density at radius 2 is 2.25 bits per heavy atom. The Kier molecular flexibility index (Phi) is 6.64. The van der Waals surface area contributed by atoms with Gasteiger partial charge in [0.1, 0.15) is 0 Å². The number of likely N-dealkylation sites (N-methyl/N-ethyl adjacent to an activating group) is 1. The molecular weight excluding hydrogens is 220 g/mol. The molecule has 0 aromatic carbocycles. The van der Waals surface area contributed by atoms with Crippen LogP contribution in [0.2, 0.25) is 0 Å². The predicted octanol–water partition coefficient (Wildman–Crippen LogP) is 1.72. The molecule has 0 fully saturated rings. The SMILES string of the molecule is COCCN(C)CCNCc1sccc1C. The van der Waals surface area contributed by atoms with Gasteiger partial charge in [-0.25, -0.2) is 0 Å². The van der Waals surface area contributed by atoms with E-state index in [1.54, 1.807) is 7.11 Å². The van der Waals surface area contributed by atoms with Crippen LogP contribution in [0.5, 0.6) is 0 Å². The van der Waals surface area contributed by atoms with Crippen molar-refractivity contribution in [3.05, 3.63) is 21.9 Å². The lowest BCUT2D eigenvalue weighted by Gasteiger charge is -2.16. The van der Waals surface area contributed by atoms with Gasteiger partial charge in [-0.15, -0.1) is 11.3 Å². The third-order valence-electron chi connectivity index (χ3n) is 2.60. The first kappa shape index (κ1) is 13.6. The summed E-state index contributed by atoms with van der Waals surface area (Å²) in [6.07, 6.45) is 0. The number of nitrogens with one attached hydrogen (secondary N) is 1. The molecule has 0 saturated carbocycles. The van der Waals surface area contributed by atoms with Gasteiger partial charge in [-0.3, -0.25) is 0 Å². The van der Waals surface area contributed by atoms with Gasteiger partial charge in [0.05, 0.1) is 6.61 Å². The Balaban J connectivity index is 2.06. The van der Waals surface area contributed by atoms with E-state index in [1.807, 2.05) is 11.3 Å². The number of rotatable bonds is 8. The maximum Gasteiger partial charge on any atom is 0.0589 e. The minimum absolute atomic E-state index is 0.806. The molecule has 0 atom stereocenters. The van der Waals surface area contributed by atoms with E-state index in [0.717, 1.165) is 32.8 Å². The summed E-state index contributed by atoms with van der Waals surface area (Å²) in [7, 11) is 3.86. The molecule has 3 nitrogen and oxygen atoms in total. The molecule has 0 saturated heterocycles. The van der Waals surface area contributed by atoms with E-state index in [0.29, 0.717) is 0 Å². The van der Waals surface area contributed by atoms with Gasteiger partial charge in [-0.1, -0.05) is 0 Å². The molecule has 1 aromatic rings. The fraction of sp³-hybridized carbons (Fsp3) is 0.667. The molecule has 4 heteroatoms. The number of thiophene rings is 1. The van der Waals surface area contributed by atoms with Crippen LogP contribution in [0.3, 0.4) is 0 Å². The lowest BCUT2D eigenvalue weighted by Crippen LogP contribution is -2.31. The fourth-order valence-corrected chi connectivity index (χ4v) is 2.29. The molecule has 1 heterocycles. The minimum Gasteiger partial charge on any atom is -0.383 e. The Hall–Kier alpha value is -0.420. The first-order valence-electron chi connectivity index (χ1n) is 5.65. The predicted molar refractivity (Wildman–Crippen MR) is 70.1 cm³/mol. The summed E-state index contributed by atoms with van der Waals surface area (Å²) in [5.41, 5.74) is 1.39. The van der Waals surface area contributed by atoms with E-state index in [2.05, 4.69) is 35.6 Å². The second-order valence-corrected chi connectivity index (χ2v) is 5.00. The van der Waals surface area contributed by atoms with Gasteiger partial charge >= 0.3 is 0 Å². The smallest absolute Gasteiger partial charge is 0.0589 e. The van der Waals surface area contributed by atoms with E-state index in [9.17, 15) is 0 Å². The van der Waals surface area contributed by atoms with Crippen LogP contribution >= 0.6 is 11.3 Å². The first-order valence-corrected chi connectivity index (χ1v) is 6.53. The Morgan fingerprint density at radius 3 is 2.88 bits per heavy atom. The third kappa shape index (κ3) is 5.07. The summed E-state index contributed by atoms with van der Waals surface area (Å²) in [6.45, 7) is 7.04. The summed E-state index contributed by atoms with van der Waals surface area (Å²) in [5, 5.41) is 5.61. The van der Waals surface area contributed by atoms with Crippen molar-refractivity contribution < 1.29 is 4.74 Å². The van der Waals surface area contributed by atoms with Crippen LogP contribution in [0.15, 0.2) is 11.4 Å². The highest BCUT2D eigenvalue weighted by Gasteiger charge is 2.00. The number of ether oxygens (including phenoxy) is 1. The van der Waals surface area contributed by atoms with Crippen LogP contribution in [0.25, 0.3) is 0 Å². The van der Waals surface area contributed by atoms with Crippen LogP contribution < -0.4 is 5.32 Å². The number of nitrogens with zero attached hydrogens (tertiary/aromatic N) is 1. The Morgan fingerprint density at radius 1 is 1.44 bits per heavy atom. The highest BCUT2D eigenvalue weighted by atomic mass is 32.1. The van der Waals surface area contributed by atoms with Crippen LogP contribution in [-0.2, 0) is 11.3 Å². The molecular formula is C12H22N2OS. The molecule has 0 aliphatic rings. The maximum absolute atomic E-state index is 5.03. The molecule has 0 unspecified atom stereocenters. The number of hydrogen-bond donors (Lipinski definition) is 1. The van der Waals surface area contributed by atoms with Crippen LogP contribution in [0.1, 0.15) is 10.4 Å². The zero-order valence-electron chi connectivity index (χ0n) is 10.5. The molecule has 16 heavy (non-hydrogen) atoms. The quantitative estimate of drug-likeness (QED) is 0.703. The first-order chi connectivity index (χ1) is 7.74. The van der Waals surface area contributed by atoms with Crippen molar-refractivity contribution in [1.29, 1.82) is 0 Å². The van der Waals surface area contributed by atoms with Gasteiger partial charge in [0.2, 0.25) is 0 Å². The van der Waals surface area contributed by atoms with E-state index < -0.39 is 0 Å². The molecule has 0 spiro atoms. The van der Waals surface area contributed by atoms with Gasteiger partial charge < -0.3 is 15.0 Å². The lowest BCUT2D eigenvalue weighted by atomic mass is 10.3. The molecule has 1 rings (SSSR count). The second kappa shape index (κ2) is 7.79. The molecule has 1 aromatic heterocycles. The summed E-state index contributed by atoms with van der Waals surface area (Å²) < 4.78 is 5.03. The average molecular weight is 242 g/mol. The Labute approximate surface area is 102 Å². The second-order valence-electron chi connectivity index (χ2n) is 4.00. The molecule has 0 aliphatic heterocycles. The number of hydrogen-bond acceptors (Lipinski definition) is 4. The monoisotopic (exact) mass is 242 g/mol. The summed E-state index contributed by atoms with van der Waals surface area (Å²) in [6, 6.07) is 2.17. The van der Waals surface area contributed by atoms with Crippen molar-refractivity contribution in [2.75, 3.05) is 40.4 Å². The number of aryl methyl sites for hydroxylation is 1. The van der Waals surface area contributed by atoms with Crippen molar-refractivity contribution in [1.82, 2.24) is 10.2 Å². The molecule has 0 amide bonds. The molecule has 0 aliphatic carbocycles. The van der Waals surface area contributed by atoms with Crippen LogP contribution in [0, 0.1) is 6.92 Å². The summed E-state index contributed by atoms with van der Waals surface area (Å²) >= 11 is 1.83. The van der Waals surface area contributed by atoms with E-state index in [-0.39, 0.29) is 0 Å². The Bertz CT molecular complexity index is 288. The average Bonchev–Trinajstić information content (AvgIpc) is 2.67. The van der Waals surface area contributed by atoms with Crippen LogP contribution in [0.4, 0.5) is 0 Å². The zero-order valence-corrected chi connectivity index (χ0v) is 11.3. The molecule has 0 bridgehead atoms. The lowest BCUT2D eigenvalue weighted by molar-refractivity contribution is 0.161. The highest BCUT2D eigenvalue weighted by molar-refractivity contribution is 7.10. The standard InChI is InChI=1S/C12H22N2OS/c1-11-4-9-16-12(11)10-13-5-6-14(2)7-8-15-3/h4,9,13H,5-8,10H2,1-3H3. The molecule has 1 N–H and O–H groups in total. The van der Waals surface area contributed by atoms with E-state index in [1.165, 1.54) is 10.4 Å². The highest BCUT2D eigenvalue weighted by Crippen LogP contribution is 2.14. The van der Waals surface area contributed by atoms with Gasteiger partial charge in [0.15, 0.2) is 0 Å². The van der Waals surface area contributed by atoms with Crippen molar-refractivity contribution in [2.45, 2.75) is 13.5 Å². The topological polar surface area (TPSA) is 24.5 Å². The summed E-state index contributed by atoms with van der Waals surface area (Å²) in [5.74, 6) is 0. The van der Waals surface area contributed by atoms with Crippen molar-refractivity contribution in [3.8, 4) is 0 Å².